The summed E-state index contributed by atoms with van der Waals surface area (Å²) < 4.78 is 0. The fourth-order valence-corrected chi connectivity index (χ4v) is 2.71. The van der Waals surface area contributed by atoms with Crippen LogP contribution < -0.4 is 5.32 Å². The number of hydrogen-bond donors (Lipinski definition) is 2. The molecule has 21 heavy (non-hydrogen) atoms. The van der Waals surface area contributed by atoms with Crippen molar-refractivity contribution in [3.63, 3.8) is 0 Å². The number of carbonyl (C=O) groups is 1. The Kier molecular flexibility index (Phi) is 4.74. The summed E-state index contributed by atoms with van der Waals surface area (Å²) in [5.41, 5.74) is -0.412. The largest absolute Gasteiger partial charge is 0.508 e. The molecule has 7 heteroatoms. The molecule has 1 aliphatic rings. The SMILES string of the molecule is CCN1CCCC1CNC(=O)c1cc(O)ccc1[N+](=O)[O-]. The van der Waals surface area contributed by atoms with Crippen LogP contribution >= 0.6 is 0 Å². The third-order valence-electron chi connectivity index (χ3n) is 3.82. The molecule has 2 N–H and O–H groups in total. The van der Waals surface area contributed by atoms with Gasteiger partial charge in [0, 0.05) is 18.7 Å². The number of nitrogens with zero attached hydrogens (tertiary/aromatic N) is 2. The fourth-order valence-electron chi connectivity index (χ4n) is 2.71. The van der Waals surface area contributed by atoms with Crippen molar-refractivity contribution in [2.24, 2.45) is 0 Å². The van der Waals surface area contributed by atoms with Gasteiger partial charge in [0.1, 0.15) is 11.3 Å². The average Bonchev–Trinajstić information content (AvgIpc) is 2.91. The van der Waals surface area contributed by atoms with Gasteiger partial charge in [0.15, 0.2) is 0 Å². The first-order chi connectivity index (χ1) is 10.0. The van der Waals surface area contributed by atoms with Gasteiger partial charge in [0.25, 0.3) is 11.6 Å². The van der Waals surface area contributed by atoms with Gasteiger partial charge < -0.3 is 10.4 Å². The Hall–Kier alpha value is -2.15. The maximum atomic E-state index is 12.1. The van der Waals surface area contributed by atoms with Crippen LogP contribution in [0.5, 0.6) is 5.75 Å². The Morgan fingerprint density at radius 2 is 2.33 bits per heavy atom. The molecule has 2 rings (SSSR count). The van der Waals surface area contributed by atoms with Crippen LogP contribution in [-0.4, -0.2) is 46.5 Å². The summed E-state index contributed by atoms with van der Waals surface area (Å²) in [6, 6.07) is 3.73. The number of phenols is 1. The number of nitrogens with one attached hydrogen (secondary N) is 1. The average molecular weight is 293 g/mol. The Labute approximate surface area is 122 Å². The van der Waals surface area contributed by atoms with E-state index >= 15 is 0 Å². The van der Waals surface area contributed by atoms with E-state index in [1.54, 1.807) is 0 Å². The van der Waals surface area contributed by atoms with E-state index in [1.807, 2.05) is 0 Å². The van der Waals surface area contributed by atoms with E-state index in [2.05, 4.69) is 17.1 Å². The predicted molar refractivity (Wildman–Crippen MR) is 77.4 cm³/mol. The van der Waals surface area contributed by atoms with Gasteiger partial charge in [-0.25, -0.2) is 0 Å². The zero-order valence-corrected chi connectivity index (χ0v) is 11.9. The highest BCUT2D eigenvalue weighted by Crippen LogP contribution is 2.23. The minimum Gasteiger partial charge on any atom is -0.508 e. The summed E-state index contributed by atoms with van der Waals surface area (Å²) >= 11 is 0. The van der Waals surface area contributed by atoms with Gasteiger partial charge in [-0.2, -0.15) is 0 Å². The smallest absolute Gasteiger partial charge is 0.282 e. The first-order valence-electron chi connectivity index (χ1n) is 7.02. The number of nitro benzene ring substituents is 1. The van der Waals surface area contributed by atoms with Crippen molar-refractivity contribution in [3.8, 4) is 5.75 Å². The van der Waals surface area contributed by atoms with Gasteiger partial charge in [-0.3, -0.25) is 19.8 Å². The van der Waals surface area contributed by atoms with E-state index in [9.17, 15) is 20.0 Å². The molecule has 1 aliphatic heterocycles. The van der Waals surface area contributed by atoms with Crippen LogP contribution in [-0.2, 0) is 0 Å². The van der Waals surface area contributed by atoms with Gasteiger partial charge >= 0.3 is 0 Å². The summed E-state index contributed by atoms with van der Waals surface area (Å²) in [7, 11) is 0. The van der Waals surface area contributed by atoms with Crippen LogP contribution in [0.3, 0.4) is 0 Å². The number of rotatable bonds is 5. The molecule has 1 atom stereocenters. The van der Waals surface area contributed by atoms with Crippen LogP contribution in [0.4, 0.5) is 5.69 Å². The summed E-state index contributed by atoms with van der Waals surface area (Å²) in [6.45, 7) is 4.47. The van der Waals surface area contributed by atoms with Gasteiger partial charge in [-0.1, -0.05) is 6.92 Å². The summed E-state index contributed by atoms with van der Waals surface area (Å²) in [5.74, 6) is -0.692. The molecule has 1 saturated heterocycles. The summed E-state index contributed by atoms with van der Waals surface area (Å²) in [6.07, 6.45) is 2.11. The molecule has 1 fully saturated rings. The van der Waals surface area contributed by atoms with Gasteiger partial charge in [-0.15, -0.1) is 0 Å². The van der Waals surface area contributed by atoms with Crippen LogP contribution in [0.25, 0.3) is 0 Å². The Bertz CT molecular complexity index is 547. The van der Waals surface area contributed by atoms with E-state index in [4.69, 9.17) is 0 Å². The molecule has 0 bridgehead atoms. The van der Waals surface area contributed by atoms with Gasteiger partial charge in [-0.05, 0) is 38.1 Å². The van der Waals surface area contributed by atoms with Crippen LogP contribution in [0.15, 0.2) is 18.2 Å². The molecule has 0 saturated carbocycles. The molecule has 0 radical (unpaired) electrons. The number of hydrogen-bond acceptors (Lipinski definition) is 5. The maximum Gasteiger partial charge on any atom is 0.282 e. The van der Waals surface area contributed by atoms with Crippen molar-refractivity contribution in [1.82, 2.24) is 10.2 Å². The number of likely N-dealkylation sites (tertiary alicyclic amines) is 1. The van der Waals surface area contributed by atoms with Crippen molar-refractivity contribution >= 4 is 11.6 Å². The highest BCUT2D eigenvalue weighted by Gasteiger charge is 2.25. The Morgan fingerprint density at radius 1 is 1.57 bits per heavy atom. The van der Waals surface area contributed by atoms with Crippen molar-refractivity contribution in [2.75, 3.05) is 19.6 Å². The standard InChI is InChI=1S/C14H19N3O4/c1-2-16-7-3-4-10(16)9-15-14(19)12-8-11(18)5-6-13(12)17(20)21/h5-6,8,10,18H,2-4,7,9H2,1H3,(H,15,19). The third-order valence-corrected chi connectivity index (χ3v) is 3.82. The molecule has 1 unspecified atom stereocenters. The van der Waals surface area contributed by atoms with E-state index in [-0.39, 0.29) is 23.0 Å². The topological polar surface area (TPSA) is 95.7 Å². The molecule has 0 aliphatic carbocycles. The minimum absolute atomic E-state index is 0.110. The first-order valence-corrected chi connectivity index (χ1v) is 7.02. The molecular formula is C14H19N3O4. The van der Waals surface area contributed by atoms with Crippen LogP contribution in [0, 0.1) is 10.1 Å². The normalized spacial score (nSPS) is 18.6. The highest BCUT2D eigenvalue weighted by atomic mass is 16.6. The predicted octanol–water partition coefficient (Wildman–Crippen LogP) is 1.51. The van der Waals surface area contributed by atoms with E-state index < -0.39 is 10.8 Å². The quantitative estimate of drug-likeness (QED) is 0.634. The highest BCUT2D eigenvalue weighted by molar-refractivity contribution is 5.98. The summed E-state index contributed by atoms with van der Waals surface area (Å²) in [5, 5.41) is 23.1. The van der Waals surface area contributed by atoms with E-state index in [1.165, 1.54) is 6.07 Å². The molecule has 0 spiro atoms. The minimum atomic E-state index is -0.623. The lowest BCUT2D eigenvalue weighted by Gasteiger charge is -2.22. The van der Waals surface area contributed by atoms with Crippen molar-refractivity contribution in [2.45, 2.75) is 25.8 Å². The molecule has 114 valence electrons. The second-order valence-electron chi connectivity index (χ2n) is 5.09. The van der Waals surface area contributed by atoms with Crippen LogP contribution in [0.1, 0.15) is 30.1 Å². The van der Waals surface area contributed by atoms with Crippen LogP contribution in [0.2, 0.25) is 0 Å². The molecule has 1 heterocycles. The molecule has 1 amide bonds. The first kappa shape index (κ1) is 15.2. The van der Waals surface area contributed by atoms with E-state index in [0.717, 1.165) is 38.1 Å². The van der Waals surface area contributed by atoms with E-state index in [0.29, 0.717) is 6.54 Å². The van der Waals surface area contributed by atoms with Crippen molar-refractivity contribution < 1.29 is 14.8 Å². The number of nitro groups is 1. The zero-order chi connectivity index (χ0) is 15.4. The number of phenolic OH excluding ortho intramolecular Hbond substituents is 1. The van der Waals surface area contributed by atoms with Crippen molar-refractivity contribution in [1.29, 1.82) is 0 Å². The number of aromatic hydroxyl groups is 1. The Balaban J connectivity index is 2.06. The monoisotopic (exact) mass is 293 g/mol. The van der Waals surface area contributed by atoms with Gasteiger partial charge in [0.2, 0.25) is 0 Å². The van der Waals surface area contributed by atoms with Gasteiger partial charge in [0.05, 0.1) is 4.92 Å². The Morgan fingerprint density at radius 3 is 3.00 bits per heavy atom. The number of likely N-dealkylation sites (N-methyl/N-ethyl adjacent to an activating group) is 1. The van der Waals surface area contributed by atoms with Crippen molar-refractivity contribution in [3.05, 3.63) is 33.9 Å². The summed E-state index contributed by atoms with van der Waals surface area (Å²) in [4.78, 5) is 24.7. The third kappa shape index (κ3) is 3.49. The molecule has 0 aromatic heterocycles. The zero-order valence-electron chi connectivity index (χ0n) is 11.9. The number of benzene rings is 1. The molecular weight excluding hydrogens is 274 g/mol. The molecule has 1 aromatic carbocycles. The second kappa shape index (κ2) is 6.53. The fraction of sp³-hybridized carbons (Fsp3) is 0.500. The molecule has 7 nitrogen and oxygen atoms in total. The second-order valence-corrected chi connectivity index (χ2v) is 5.09. The number of amides is 1. The lowest BCUT2D eigenvalue weighted by Crippen LogP contribution is -2.40. The number of carbonyl (C=O) groups excluding carboxylic acids is 1. The maximum absolute atomic E-state index is 12.1. The molecule has 1 aromatic rings. The lowest BCUT2D eigenvalue weighted by atomic mass is 10.1. The lowest BCUT2D eigenvalue weighted by molar-refractivity contribution is -0.385.